The van der Waals surface area contributed by atoms with Crippen molar-refractivity contribution in [3.63, 3.8) is 0 Å². The lowest BCUT2D eigenvalue weighted by molar-refractivity contribution is -0.117. The third-order valence-electron chi connectivity index (χ3n) is 4.91. The van der Waals surface area contributed by atoms with Gasteiger partial charge in [0.1, 0.15) is 12.2 Å². The summed E-state index contributed by atoms with van der Waals surface area (Å²) in [5.41, 5.74) is 0.774. The molecule has 7 heteroatoms. The van der Waals surface area contributed by atoms with Crippen LogP contribution in [0.5, 0.6) is 0 Å². The number of benzene rings is 1. The SMILES string of the molecule is O=C(CN1CCC[C@H](c2nncn2C2CC2)C1)Nc1ccc(Cl)cc1. The van der Waals surface area contributed by atoms with Gasteiger partial charge in [-0.1, -0.05) is 11.6 Å². The number of hydrogen-bond acceptors (Lipinski definition) is 4. The highest BCUT2D eigenvalue weighted by molar-refractivity contribution is 6.30. The van der Waals surface area contributed by atoms with Crippen molar-refractivity contribution in [3.05, 3.63) is 41.4 Å². The molecule has 1 amide bonds. The largest absolute Gasteiger partial charge is 0.325 e. The summed E-state index contributed by atoms with van der Waals surface area (Å²) < 4.78 is 2.24. The smallest absolute Gasteiger partial charge is 0.238 e. The average Bonchev–Trinajstić information content (AvgIpc) is 3.34. The van der Waals surface area contributed by atoms with E-state index in [4.69, 9.17) is 11.6 Å². The van der Waals surface area contributed by atoms with Gasteiger partial charge in [-0.2, -0.15) is 0 Å². The Morgan fingerprint density at radius 3 is 2.80 bits per heavy atom. The summed E-state index contributed by atoms with van der Waals surface area (Å²) in [5.74, 6) is 1.46. The lowest BCUT2D eigenvalue weighted by atomic mass is 9.97. The maximum atomic E-state index is 12.3. The van der Waals surface area contributed by atoms with Crippen LogP contribution in [-0.2, 0) is 4.79 Å². The maximum absolute atomic E-state index is 12.3. The molecule has 1 aliphatic heterocycles. The summed E-state index contributed by atoms with van der Waals surface area (Å²) in [6.45, 7) is 2.21. The number of aromatic nitrogens is 3. The molecule has 0 unspecified atom stereocenters. The highest BCUT2D eigenvalue weighted by Crippen LogP contribution is 2.38. The van der Waals surface area contributed by atoms with E-state index >= 15 is 0 Å². The zero-order chi connectivity index (χ0) is 17.2. The van der Waals surface area contributed by atoms with E-state index in [0.717, 1.165) is 37.4 Å². The molecule has 4 rings (SSSR count). The minimum absolute atomic E-state index is 0.00614. The maximum Gasteiger partial charge on any atom is 0.238 e. The highest BCUT2D eigenvalue weighted by Gasteiger charge is 2.31. The molecule has 0 radical (unpaired) electrons. The predicted octanol–water partition coefficient (Wildman–Crippen LogP) is 3.08. The fraction of sp³-hybridized carbons (Fsp3) is 0.500. The molecule has 0 spiro atoms. The van der Waals surface area contributed by atoms with Gasteiger partial charge in [0.2, 0.25) is 5.91 Å². The molecule has 1 N–H and O–H groups in total. The molecule has 1 saturated heterocycles. The Labute approximate surface area is 152 Å². The van der Waals surface area contributed by atoms with Gasteiger partial charge >= 0.3 is 0 Å². The van der Waals surface area contributed by atoms with Crippen LogP contribution in [0.2, 0.25) is 5.02 Å². The number of nitrogens with zero attached hydrogens (tertiary/aromatic N) is 4. The molecule has 2 aliphatic rings. The fourth-order valence-corrected chi connectivity index (χ4v) is 3.65. The van der Waals surface area contributed by atoms with Crippen molar-refractivity contribution in [1.82, 2.24) is 19.7 Å². The van der Waals surface area contributed by atoms with Gasteiger partial charge in [0.25, 0.3) is 0 Å². The molecular formula is C18H22ClN5O. The number of hydrogen-bond donors (Lipinski definition) is 1. The van der Waals surface area contributed by atoms with Gasteiger partial charge in [-0.05, 0) is 56.5 Å². The van der Waals surface area contributed by atoms with E-state index in [2.05, 4.69) is 25.0 Å². The van der Waals surface area contributed by atoms with Gasteiger partial charge in [0.05, 0.1) is 6.54 Å². The van der Waals surface area contributed by atoms with E-state index in [0.29, 0.717) is 23.5 Å². The van der Waals surface area contributed by atoms with Crippen molar-refractivity contribution >= 4 is 23.2 Å². The normalized spacial score (nSPS) is 21.2. The third kappa shape index (κ3) is 4.02. The summed E-state index contributed by atoms with van der Waals surface area (Å²) >= 11 is 5.87. The van der Waals surface area contributed by atoms with Crippen molar-refractivity contribution in [2.24, 2.45) is 0 Å². The summed E-state index contributed by atoms with van der Waals surface area (Å²) in [7, 11) is 0. The summed E-state index contributed by atoms with van der Waals surface area (Å²) in [5, 5.41) is 12.1. The van der Waals surface area contributed by atoms with Crippen LogP contribution in [0.25, 0.3) is 0 Å². The second kappa shape index (κ2) is 7.14. The molecule has 1 saturated carbocycles. The number of piperidine rings is 1. The topological polar surface area (TPSA) is 63.1 Å². The molecule has 2 heterocycles. The van der Waals surface area contributed by atoms with E-state index in [1.54, 1.807) is 12.1 Å². The molecule has 25 heavy (non-hydrogen) atoms. The Balaban J connectivity index is 1.35. The van der Waals surface area contributed by atoms with Gasteiger partial charge in [-0.3, -0.25) is 9.69 Å². The van der Waals surface area contributed by atoms with Gasteiger partial charge in [-0.25, -0.2) is 0 Å². The number of rotatable bonds is 5. The quantitative estimate of drug-likeness (QED) is 0.891. The molecule has 1 aromatic carbocycles. The van der Waals surface area contributed by atoms with Gasteiger partial charge in [0.15, 0.2) is 0 Å². The number of amides is 1. The zero-order valence-electron chi connectivity index (χ0n) is 14.1. The molecule has 1 aliphatic carbocycles. The minimum atomic E-state index is 0.00614. The number of carbonyl (C=O) groups is 1. The van der Waals surface area contributed by atoms with E-state index in [-0.39, 0.29) is 5.91 Å². The number of halogens is 1. The van der Waals surface area contributed by atoms with Crippen LogP contribution in [0.15, 0.2) is 30.6 Å². The fourth-order valence-electron chi connectivity index (χ4n) is 3.52. The van der Waals surface area contributed by atoms with Gasteiger partial charge < -0.3 is 9.88 Å². The second-order valence-corrected chi connectivity index (χ2v) is 7.39. The van der Waals surface area contributed by atoms with Crippen LogP contribution in [-0.4, -0.2) is 45.2 Å². The highest BCUT2D eigenvalue weighted by atomic mass is 35.5. The van der Waals surface area contributed by atoms with E-state index in [1.807, 2.05) is 18.5 Å². The molecular weight excluding hydrogens is 338 g/mol. The monoisotopic (exact) mass is 359 g/mol. The molecule has 132 valence electrons. The van der Waals surface area contributed by atoms with Crippen LogP contribution in [0.3, 0.4) is 0 Å². The molecule has 0 bridgehead atoms. The molecule has 2 aromatic rings. The van der Waals surface area contributed by atoms with Gasteiger partial charge in [0, 0.05) is 29.2 Å². The number of likely N-dealkylation sites (tertiary alicyclic amines) is 1. The van der Waals surface area contributed by atoms with Crippen LogP contribution < -0.4 is 5.32 Å². The Hall–Kier alpha value is -1.92. The average molecular weight is 360 g/mol. The first kappa shape index (κ1) is 16.5. The summed E-state index contributed by atoms with van der Waals surface area (Å²) in [4.78, 5) is 14.5. The first-order valence-electron chi connectivity index (χ1n) is 8.86. The first-order chi connectivity index (χ1) is 12.2. The molecule has 1 aromatic heterocycles. The minimum Gasteiger partial charge on any atom is -0.325 e. The van der Waals surface area contributed by atoms with E-state index in [9.17, 15) is 4.79 Å². The standard InChI is InChI=1S/C18H22ClN5O/c19-14-3-5-15(6-4-14)21-17(25)11-23-9-1-2-13(10-23)18-22-20-12-24(18)16-7-8-16/h3-6,12-13,16H,1-2,7-11H2,(H,21,25)/t13-/m0/s1. The molecule has 1 atom stereocenters. The summed E-state index contributed by atoms with van der Waals surface area (Å²) in [6.07, 6.45) is 6.51. The number of anilines is 1. The van der Waals surface area contributed by atoms with Crippen molar-refractivity contribution in [1.29, 1.82) is 0 Å². The lowest BCUT2D eigenvalue weighted by Crippen LogP contribution is -2.40. The van der Waals surface area contributed by atoms with Crippen LogP contribution in [0.1, 0.15) is 43.5 Å². The third-order valence-corrected chi connectivity index (χ3v) is 5.16. The molecule has 2 fully saturated rings. The van der Waals surface area contributed by atoms with E-state index < -0.39 is 0 Å². The van der Waals surface area contributed by atoms with Crippen LogP contribution >= 0.6 is 11.6 Å². The Morgan fingerprint density at radius 2 is 2.04 bits per heavy atom. The number of nitrogens with one attached hydrogen (secondary N) is 1. The Morgan fingerprint density at radius 1 is 1.24 bits per heavy atom. The van der Waals surface area contributed by atoms with Crippen LogP contribution in [0.4, 0.5) is 5.69 Å². The van der Waals surface area contributed by atoms with Crippen molar-refractivity contribution in [2.45, 2.75) is 37.6 Å². The Kier molecular flexibility index (Phi) is 4.72. The van der Waals surface area contributed by atoms with Gasteiger partial charge in [-0.15, -0.1) is 10.2 Å². The first-order valence-corrected chi connectivity index (χ1v) is 9.24. The van der Waals surface area contributed by atoms with Crippen LogP contribution in [0, 0.1) is 0 Å². The summed E-state index contributed by atoms with van der Waals surface area (Å²) in [6, 6.07) is 7.78. The van der Waals surface area contributed by atoms with Crippen molar-refractivity contribution < 1.29 is 4.79 Å². The van der Waals surface area contributed by atoms with Crippen molar-refractivity contribution in [2.75, 3.05) is 25.0 Å². The number of carbonyl (C=O) groups excluding carboxylic acids is 1. The second-order valence-electron chi connectivity index (χ2n) is 6.96. The van der Waals surface area contributed by atoms with E-state index in [1.165, 1.54) is 12.8 Å². The predicted molar refractivity (Wildman–Crippen MR) is 96.8 cm³/mol. The zero-order valence-corrected chi connectivity index (χ0v) is 14.8. The molecule has 6 nitrogen and oxygen atoms in total. The van der Waals surface area contributed by atoms with Crippen molar-refractivity contribution in [3.8, 4) is 0 Å². The lowest BCUT2D eigenvalue weighted by Gasteiger charge is -2.31. The Bertz CT molecular complexity index is 740.